The summed E-state index contributed by atoms with van der Waals surface area (Å²) >= 11 is 0. The van der Waals surface area contributed by atoms with Gasteiger partial charge in [-0.05, 0) is 43.0 Å². The van der Waals surface area contributed by atoms with E-state index in [-0.39, 0.29) is 12.1 Å². The second kappa shape index (κ2) is 5.41. The molecule has 1 aromatic rings. The fourth-order valence-electron chi connectivity index (χ4n) is 2.89. The third-order valence-corrected chi connectivity index (χ3v) is 3.82. The molecule has 1 aromatic carbocycles. The minimum atomic E-state index is -0.189. The molecular weight excluding hydrogens is 224 g/mol. The number of nitrogens with zero attached hydrogens (tertiary/aromatic N) is 1. The summed E-state index contributed by atoms with van der Waals surface area (Å²) in [5.41, 5.74) is 1.46. The Kier molecular flexibility index (Phi) is 3.88. The average molecular weight is 244 g/mol. The lowest BCUT2D eigenvalue weighted by molar-refractivity contribution is 0.149. The third-order valence-electron chi connectivity index (χ3n) is 3.82. The molecule has 1 fully saturated rings. The average Bonchev–Trinajstić information content (AvgIpc) is 2.39. The van der Waals surface area contributed by atoms with Gasteiger partial charge in [0.1, 0.15) is 0 Å². The summed E-state index contributed by atoms with van der Waals surface area (Å²) in [7, 11) is 0. The Hall–Kier alpha value is -1.53. The Bertz CT molecular complexity index is 435. The first-order chi connectivity index (χ1) is 8.67. The Morgan fingerprint density at radius 3 is 2.72 bits per heavy atom. The van der Waals surface area contributed by atoms with Gasteiger partial charge in [-0.25, -0.2) is 0 Å². The van der Waals surface area contributed by atoms with Gasteiger partial charge in [0.05, 0.1) is 23.8 Å². The van der Waals surface area contributed by atoms with Crippen molar-refractivity contribution < 1.29 is 5.11 Å². The van der Waals surface area contributed by atoms with Gasteiger partial charge in [0.15, 0.2) is 0 Å². The van der Waals surface area contributed by atoms with Crippen LogP contribution in [0.2, 0.25) is 0 Å². The van der Waals surface area contributed by atoms with Crippen molar-refractivity contribution in [2.45, 2.75) is 38.1 Å². The fraction of sp³-hybridized carbons (Fsp3) is 0.533. The van der Waals surface area contributed by atoms with E-state index in [4.69, 9.17) is 5.26 Å². The number of aliphatic hydroxyl groups is 1. The molecule has 96 valence electrons. The Morgan fingerprint density at radius 2 is 2.17 bits per heavy atom. The van der Waals surface area contributed by atoms with Crippen molar-refractivity contribution in [3.63, 3.8) is 0 Å². The van der Waals surface area contributed by atoms with Crippen LogP contribution in [0.3, 0.4) is 0 Å². The summed E-state index contributed by atoms with van der Waals surface area (Å²) in [6.07, 6.45) is 4.42. The molecule has 0 bridgehead atoms. The van der Waals surface area contributed by atoms with E-state index in [1.165, 1.54) is 6.42 Å². The van der Waals surface area contributed by atoms with Gasteiger partial charge in [-0.15, -0.1) is 0 Å². The van der Waals surface area contributed by atoms with Crippen LogP contribution in [0.1, 0.15) is 38.2 Å². The van der Waals surface area contributed by atoms with Crippen molar-refractivity contribution in [1.29, 1.82) is 5.26 Å². The molecule has 0 saturated heterocycles. The molecule has 1 aliphatic rings. The number of anilines is 1. The molecule has 3 nitrogen and oxygen atoms in total. The summed E-state index contributed by atoms with van der Waals surface area (Å²) in [6.45, 7) is 2.40. The molecule has 18 heavy (non-hydrogen) atoms. The fourth-order valence-corrected chi connectivity index (χ4v) is 2.89. The zero-order chi connectivity index (χ0) is 13.0. The number of benzene rings is 1. The van der Waals surface area contributed by atoms with Crippen LogP contribution in [0.4, 0.5) is 5.69 Å². The van der Waals surface area contributed by atoms with E-state index in [2.05, 4.69) is 18.3 Å². The van der Waals surface area contributed by atoms with Gasteiger partial charge in [0.2, 0.25) is 0 Å². The number of rotatable bonds is 3. The summed E-state index contributed by atoms with van der Waals surface area (Å²) < 4.78 is 0. The topological polar surface area (TPSA) is 56.0 Å². The van der Waals surface area contributed by atoms with Gasteiger partial charge in [-0.3, -0.25) is 0 Å². The lowest BCUT2D eigenvalue weighted by atomic mass is 9.76. The zero-order valence-corrected chi connectivity index (χ0v) is 10.8. The molecule has 0 aromatic heterocycles. The van der Waals surface area contributed by atoms with Crippen molar-refractivity contribution >= 4 is 5.69 Å². The summed E-state index contributed by atoms with van der Waals surface area (Å²) in [5, 5.41) is 21.9. The van der Waals surface area contributed by atoms with Crippen molar-refractivity contribution in [3.8, 4) is 6.07 Å². The first-order valence-corrected chi connectivity index (χ1v) is 6.57. The lowest BCUT2D eigenvalue weighted by Gasteiger charge is -2.40. The second-order valence-electron chi connectivity index (χ2n) is 5.45. The minimum absolute atomic E-state index is 0.164. The van der Waals surface area contributed by atoms with E-state index < -0.39 is 0 Å². The monoisotopic (exact) mass is 244 g/mol. The summed E-state index contributed by atoms with van der Waals surface area (Å²) in [5.74, 6) is 0.650. The van der Waals surface area contributed by atoms with Gasteiger partial charge in [0.25, 0.3) is 0 Å². The van der Waals surface area contributed by atoms with E-state index >= 15 is 0 Å². The highest BCUT2D eigenvalue weighted by molar-refractivity contribution is 5.49. The predicted octanol–water partition coefficient (Wildman–Crippen LogP) is 2.91. The van der Waals surface area contributed by atoms with Gasteiger partial charge in [-0.1, -0.05) is 19.8 Å². The molecular formula is C15H20N2O. The maximum atomic E-state index is 9.71. The third kappa shape index (κ3) is 2.83. The Balaban J connectivity index is 2.11. The van der Waals surface area contributed by atoms with Crippen LogP contribution in [-0.2, 0) is 0 Å². The van der Waals surface area contributed by atoms with Crippen LogP contribution in [0.25, 0.3) is 0 Å². The summed E-state index contributed by atoms with van der Waals surface area (Å²) in [4.78, 5) is 0. The van der Waals surface area contributed by atoms with Crippen LogP contribution in [0.5, 0.6) is 0 Å². The number of aliphatic hydroxyl groups excluding tert-OH is 1. The van der Waals surface area contributed by atoms with Gasteiger partial charge < -0.3 is 10.4 Å². The standard InChI is InChI=1S/C15H20N2O/c1-12-3-2-8-15(9-12,11-18)17-14-6-4-13(10-16)5-7-14/h4-7,12,17-18H,2-3,8-9,11H2,1H3. The molecule has 2 N–H and O–H groups in total. The Morgan fingerprint density at radius 1 is 1.44 bits per heavy atom. The van der Waals surface area contributed by atoms with E-state index in [0.29, 0.717) is 11.5 Å². The van der Waals surface area contributed by atoms with Gasteiger partial charge in [0, 0.05) is 5.69 Å². The van der Waals surface area contributed by atoms with Crippen LogP contribution in [0, 0.1) is 17.2 Å². The van der Waals surface area contributed by atoms with Crippen LogP contribution >= 0.6 is 0 Å². The molecule has 0 amide bonds. The smallest absolute Gasteiger partial charge is 0.0991 e. The maximum Gasteiger partial charge on any atom is 0.0991 e. The van der Waals surface area contributed by atoms with Gasteiger partial charge in [-0.2, -0.15) is 5.26 Å². The zero-order valence-electron chi connectivity index (χ0n) is 10.8. The van der Waals surface area contributed by atoms with E-state index in [9.17, 15) is 5.11 Å². The second-order valence-corrected chi connectivity index (χ2v) is 5.45. The molecule has 0 radical (unpaired) electrons. The van der Waals surface area contributed by atoms with Crippen LogP contribution in [0.15, 0.2) is 24.3 Å². The van der Waals surface area contributed by atoms with Crippen molar-refractivity contribution in [2.24, 2.45) is 5.92 Å². The van der Waals surface area contributed by atoms with Crippen molar-refractivity contribution in [1.82, 2.24) is 0 Å². The number of hydrogen-bond donors (Lipinski definition) is 2. The minimum Gasteiger partial charge on any atom is -0.394 e. The quantitative estimate of drug-likeness (QED) is 0.859. The van der Waals surface area contributed by atoms with Crippen LogP contribution < -0.4 is 5.32 Å². The predicted molar refractivity (Wildman–Crippen MR) is 72.2 cm³/mol. The molecule has 0 spiro atoms. The SMILES string of the molecule is CC1CCCC(CO)(Nc2ccc(C#N)cc2)C1. The largest absolute Gasteiger partial charge is 0.394 e. The summed E-state index contributed by atoms with van der Waals surface area (Å²) in [6, 6.07) is 9.55. The van der Waals surface area contributed by atoms with E-state index in [1.807, 2.05) is 12.1 Å². The first-order valence-electron chi connectivity index (χ1n) is 6.57. The van der Waals surface area contributed by atoms with Gasteiger partial charge >= 0.3 is 0 Å². The molecule has 0 heterocycles. The molecule has 1 saturated carbocycles. The molecule has 3 heteroatoms. The molecule has 2 unspecified atom stereocenters. The van der Waals surface area contributed by atoms with Crippen molar-refractivity contribution in [3.05, 3.63) is 29.8 Å². The maximum absolute atomic E-state index is 9.71. The van der Waals surface area contributed by atoms with E-state index in [0.717, 1.165) is 24.9 Å². The first kappa shape index (κ1) is 12.9. The highest BCUT2D eigenvalue weighted by atomic mass is 16.3. The molecule has 2 rings (SSSR count). The van der Waals surface area contributed by atoms with Crippen LogP contribution in [-0.4, -0.2) is 17.3 Å². The molecule has 2 atom stereocenters. The molecule has 0 aliphatic heterocycles. The Labute approximate surface area is 108 Å². The number of hydrogen-bond acceptors (Lipinski definition) is 3. The lowest BCUT2D eigenvalue weighted by Crippen LogP contribution is -2.45. The van der Waals surface area contributed by atoms with Crippen molar-refractivity contribution in [2.75, 3.05) is 11.9 Å². The highest BCUT2D eigenvalue weighted by Crippen LogP contribution is 2.34. The normalized spacial score (nSPS) is 27.5. The molecule has 1 aliphatic carbocycles. The number of nitrogens with one attached hydrogen (secondary N) is 1. The highest BCUT2D eigenvalue weighted by Gasteiger charge is 2.34. The van der Waals surface area contributed by atoms with E-state index in [1.54, 1.807) is 12.1 Å². The number of nitriles is 1.